The third-order valence-electron chi connectivity index (χ3n) is 1.36. The van der Waals surface area contributed by atoms with Crippen LogP contribution in [0.4, 0.5) is 0 Å². The van der Waals surface area contributed by atoms with Gasteiger partial charge in [0.15, 0.2) is 5.78 Å². The predicted molar refractivity (Wildman–Crippen MR) is 51.2 cm³/mol. The second-order valence-corrected chi connectivity index (χ2v) is 2.94. The Kier molecular flexibility index (Phi) is 3.06. The van der Waals surface area contributed by atoms with Gasteiger partial charge in [0, 0.05) is 5.02 Å². The summed E-state index contributed by atoms with van der Waals surface area (Å²) >= 11 is 5.74. The number of halogens is 1. The predicted octanol–water partition coefficient (Wildman–Crippen LogP) is 2.94. The van der Waals surface area contributed by atoms with Gasteiger partial charge in [-0.2, -0.15) is 0 Å². The topological polar surface area (TPSA) is 17.1 Å². The monoisotopic (exact) mass is 180 g/mol. The number of benzene rings is 1. The van der Waals surface area contributed by atoms with Crippen molar-refractivity contribution < 1.29 is 4.79 Å². The second-order valence-electron chi connectivity index (χ2n) is 2.50. The van der Waals surface area contributed by atoms with E-state index in [1.165, 1.54) is 13.0 Å². The van der Waals surface area contributed by atoms with Crippen molar-refractivity contribution in [2.75, 3.05) is 0 Å². The van der Waals surface area contributed by atoms with E-state index < -0.39 is 0 Å². The van der Waals surface area contributed by atoms with Crippen molar-refractivity contribution >= 4 is 23.5 Å². The molecule has 0 aromatic heterocycles. The molecule has 1 aromatic rings. The van der Waals surface area contributed by atoms with Crippen LogP contribution in [0.5, 0.6) is 0 Å². The smallest absolute Gasteiger partial charge is 0.152 e. The van der Waals surface area contributed by atoms with Crippen molar-refractivity contribution in [2.45, 2.75) is 6.92 Å². The molecule has 12 heavy (non-hydrogen) atoms. The van der Waals surface area contributed by atoms with Crippen LogP contribution in [-0.2, 0) is 4.79 Å². The van der Waals surface area contributed by atoms with Crippen LogP contribution < -0.4 is 0 Å². The first-order valence-electron chi connectivity index (χ1n) is 3.63. The van der Waals surface area contributed by atoms with Crippen molar-refractivity contribution in [3.63, 3.8) is 0 Å². The van der Waals surface area contributed by atoms with E-state index in [9.17, 15) is 4.79 Å². The maximum Gasteiger partial charge on any atom is 0.152 e. The molecule has 0 bridgehead atoms. The van der Waals surface area contributed by atoms with Gasteiger partial charge in [-0.1, -0.05) is 29.8 Å². The lowest BCUT2D eigenvalue weighted by molar-refractivity contribution is -0.112. The first-order chi connectivity index (χ1) is 5.68. The summed E-state index contributed by atoms with van der Waals surface area (Å²) < 4.78 is 0. The van der Waals surface area contributed by atoms with Crippen molar-refractivity contribution in [1.82, 2.24) is 0 Å². The highest BCUT2D eigenvalue weighted by Crippen LogP contribution is 2.11. The SMILES string of the molecule is CC(=O)C=Cc1cccc(Cl)c1. The molecule has 1 rings (SSSR count). The molecule has 0 atom stereocenters. The molecule has 0 aliphatic carbocycles. The fraction of sp³-hybridized carbons (Fsp3) is 0.100. The minimum absolute atomic E-state index is 0.0370. The molecule has 0 amide bonds. The van der Waals surface area contributed by atoms with E-state index in [2.05, 4.69) is 0 Å². The molecule has 0 saturated heterocycles. The zero-order valence-corrected chi connectivity index (χ0v) is 7.51. The molecular weight excluding hydrogens is 172 g/mol. The fourth-order valence-corrected chi connectivity index (χ4v) is 1.02. The van der Waals surface area contributed by atoms with Gasteiger partial charge < -0.3 is 0 Å². The number of carbonyl (C=O) groups excluding carboxylic acids is 1. The third-order valence-corrected chi connectivity index (χ3v) is 1.59. The lowest BCUT2D eigenvalue weighted by atomic mass is 10.2. The van der Waals surface area contributed by atoms with Crippen LogP contribution in [0, 0.1) is 0 Å². The fourth-order valence-electron chi connectivity index (χ4n) is 0.824. The van der Waals surface area contributed by atoms with Crippen LogP contribution in [0.2, 0.25) is 5.02 Å². The standard InChI is InChI=1S/C10H9ClO/c1-8(12)5-6-9-3-2-4-10(11)7-9/h2-7H,1H3. The van der Waals surface area contributed by atoms with Gasteiger partial charge in [-0.25, -0.2) is 0 Å². The number of allylic oxidation sites excluding steroid dienone is 1. The number of ketones is 1. The number of rotatable bonds is 2. The van der Waals surface area contributed by atoms with Crippen LogP contribution >= 0.6 is 11.6 Å². The quantitative estimate of drug-likeness (QED) is 0.640. The van der Waals surface area contributed by atoms with Gasteiger partial charge in [-0.05, 0) is 30.7 Å². The third kappa shape index (κ3) is 2.89. The summed E-state index contributed by atoms with van der Waals surface area (Å²) in [4.78, 5) is 10.6. The molecule has 0 unspecified atom stereocenters. The first-order valence-corrected chi connectivity index (χ1v) is 4.00. The van der Waals surface area contributed by atoms with Crippen LogP contribution in [0.3, 0.4) is 0 Å². The maximum atomic E-state index is 10.6. The number of hydrogen-bond acceptors (Lipinski definition) is 1. The van der Waals surface area contributed by atoms with Crippen molar-refractivity contribution in [3.05, 3.63) is 40.9 Å². The Labute approximate surface area is 76.7 Å². The van der Waals surface area contributed by atoms with Gasteiger partial charge in [0.2, 0.25) is 0 Å². The molecule has 0 aliphatic heterocycles. The zero-order chi connectivity index (χ0) is 8.97. The summed E-state index contributed by atoms with van der Waals surface area (Å²) in [5.74, 6) is 0.0370. The average molecular weight is 181 g/mol. The summed E-state index contributed by atoms with van der Waals surface area (Å²) in [6.45, 7) is 1.51. The molecule has 0 radical (unpaired) electrons. The first kappa shape index (κ1) is 9.01. The Balaban J connectivity index is 2.83. The van der Waals surface area contributed by atoms with E-state index in [0.717, 1.165) is 5.56 Å². The van der Waals surface area contributed by atoms with Crippen molar-refractivity contribution in [1.29, 1.82) is 0 Å². The molecule has 1 aromatic carbocycles. The van der Waals surface area contributed by atoms with Crippen LogP contribution in [0.15, 0.2) is 30.3 Å². The lowest BCUT2D eigenvalue weighted by Gasteiger charge is -1.92. The van der Waals surface area contributed by atoms with E-state index >= 15 is 0 Å². The highest BCUT2D eigenvalue weighted by atomic mass is 35.5. The maximum absolute atomic E-state index is 10.6. The van der Waals surface area contributed by atoms with E-state index in [4.69, 9.17) is 11.6 Å². The minimum atomic E-state index is 0.0370. The largest absolute Gasteiger partial charge is 0.295 e. The molecule has 62 valence electrons. The number of hydrogen-bond donors (Lipinski definition) is 0. The summed E-state index contributed by atoms with van der Waals surface area (Å²) in [6, 6.07) is 7.35. The molecule has 2 heteroatoms. The highest BCUT2D eigenvalue weighted by Gasteiger charge is 1.89. The Morgan fingerprint density at radius 3 is 2.83 bits per heavy atom. The Hall–Kier alpha value is -1.08. The van der Waals surface area contributed by atoms with Crippen molar-refractivity contribution in [2.24, 2.45) is 0 Å². The summed E-state index contributed by atoms with van der Waals surface area (Å²) in [5, 5.41) is 0.681. The van der Waals surface area contributed by atoms with Crippen LogP contribution in [0.1, 0.15) is 12.5 Å². The van der Waals surface area contributed by atoms with E-state index in [0.29, 0.717) is 5.02 Å². The van der Waals surface area contributed by atoms with Gasteiger partial charge in [0.1, 0.15) is 0 Å². The Morgan fingerprint density at radius 1 is 1.50 bits per heavy atom. The van der Waals surface area contributed by atoms with Crippen LogP contribution in [-0.4, -0.2) is 5.78 Å². The van der Waals surface area contributed by atoms with E-state index in [1.54, 1.807) is 18.2 Å². The van der Waals surface area contributed by atoms with Gasteiger partial charge >= 0.3 is 0 Å². The molecule has 0 aliphatic rings. The molecule has 0 heterocycles. The molecule has 0 fully saturated rings. The Bertz CT molecular complexity index is 315. The summed E-state index contributed by atoms with van der Waals surface area (Å²) in [5.41, 5.74) is 0.942. The second kappa shape index (κ2) is 4.07. The molecule has 1 nitrogen and oxygen atoms in total. The normalized spacial score (nSPS) is 10.5. The van der Waals surface area contributed by atoms with Crippen molar-refractivity contribution in [3.8, 4) is 0 Å². The highest BCUT2D eigenvalue weighted by molar-refractivity contribution is 6.30. The van der Waals surface area contributed by atoms with Gasteiger partial charge in [0.05, 0.1) is 0 Å². The lowest BCUT2D eigenvalue weighted by Crippen LogP contribution is -1.79. The summed E-state index contributed by atoms with van der Waals surface area (Å²) in [6.07, 6.45) is 3.26. The van der Waals surface area contributed by atoms with Gasteiger partial charge in [0.25, 0.3) is 0 Å². The van der Waals surface area contributed by atoms with Gasteiger partial charge in [-0.3, -0.25) is 4.79 Å². The van der Waals surface area contributed by atoms with E-state index in [-0.39, 0.29) is 5.78 Å². The van der Waals surface area contributed by atoms with Crippen LogP contribution in [0.25, 0.3) is 6.08 Å². The molecular formula is C10H9ClO. The number of carbonyl (C=O) groups is 1. The van der Waals surface area contributed by atoms with E-state index in [1.807, 2.05) is 12.1 Å². The molecule has 0 spiro atoms. The zero-order valence-electron chi connectivity index (χ0n) is 6.75. The molecule has 0 saturated carbocycles. The average Bonchev–Trinajstić information content (AvgIpc) is 2.01. The van der Waals surface area contributed by atoms with Gasteiger partial charge in [-0.15, -0.1) is 0 Å². The molecule has 0 N–H and O–H groups in total. The Morgan fingerprint density at radius 2 is 2.25 bits per heavy atom. The minimum Gasteiger partial charge on any atom is -0.295 e. The summed E-state index contributed by atoms with van der Waals surface area (Å²) in [7, 11) is 0.